The average molecular weight is 274 g/mol. The molecule has 1 heterocycles. The van der Waals surface area contributed by atoms with Crippen molar-refractivity contribution >= 4 is 11.3 Å². The van der Waals surface area contributed by atoms with Gasteiger partial charge in [0.25, 0.3) is 0 Å². The minimum atomic E-state index is 0.966. The summed E-state index contributed by atoms with van der Waals surface area (Å²) in [5, 5.41) is 3.21. The number of nitrogens with zero attached hydrogens (tertiary/aromatic N) is 1. The number of hydrogen-bond acceptors (Lipinski definition) is 3. The van der Waals surface area contributed by atoms with Gasteiger partial charge in [0.1, 0.15) is 0 Å². The largest absolute Gasteiger partial charge is 0.315 e. The van der Waals surface area contributed by atoms with Crippen LogP contribution >= 0.6 is 11.3 Å². The summed E-state index contributed by atoms with van der Waals surface area (Å²) in [7, 11) is 4.18. The van der Waals surface area contributed by atoms with E-state index in [9.17, 15) is 0 Å². The molecule has 1 aromatic heterocycles. The van der Waals surface area contributed by atoms with Crippen molar-refractivity contribution in [2.75, 3.05) is 14.1 Å². The molecule has 1 N–H and O–H groups in total. The van der Waals surface area contributed by atoms with E-state index in [4.69, 9.17) is 0 Å². The second kappa shape index (κ2) is 6.85. The van der Waals surface area contributed by atoms with Gasteiger partial charge in [0, 0.05) is 29.4 Å². The van der Waals surface area contributed by atoms with Crippen molar-refractivity contribution in [3.05, 3.63) is 57.3 Å². The molecule has 0 aliphatic carbocycles. The fourth-order valence-electron chi connectivity index (χ4n) is 2.25. The van der Waals surface area contributed by atoms with Crippen LogP contribution in [0, 0.1) is 6.92 Å². The molecule has 2 rings (SSSR count). The maximum Gasteiger partial charge on any atom is 0.0296 e. The quantitative estimate of drug-likeness (QED) is 0.868. The molecule has 1 aromatic carbocycles. The number of nitrogens with one attached hydrogen (secondary N) is 1. The molecule has 2 aromatic rings. The number of benzene rings is 1. The molecular weight excluding hydrogens is 252 g/mol. The lowest BCUT2D eigenvalue weighted by atomic mass is 10.2. The first-order chi connectivity index (χ1) is 9.19. The second-order valence-corrected chi connectivity index (χ2v) is 6.32. The Hall–Kier alpha value is -1.16. The normalized spacial score (nSPS) is 11.2. The van der Waals surface area contributed by atoms with Crippen LogP contribution in [0.25, 0.3) is 0 Å². The molecule has 0 saturated carbocycles. The summed E-state index contributed by atoms with van der Waals surface area (Å²) < 4.78 is 0. The molecule has 2 nitrogen and oxygen atoms in total. The summed E-state index contributed by atoms with van der Waals surface area (Å²) in [6, 6.07) is 13.0. The summed E-state index contributed by atoms with van der Waals surface area (Å²) in [6.45, 7) is 5.20. The zero-order valence-electron chi connectivity index (χ0n) is 11.9. The smallest absolute Gasteiger partial charge is 0.0296 e. The third-order valence-electron chi connectivity index (χ3n) is 3.16. The van der Waals surface area contributed by atoms with E-state index in [0.717, 1.165) is 19.6 Å². The Kier molecular flexibility index (Phi) is 5.14. The van der Waals surface area contributed by atoms with Crippen LogP contribution in [0.1, 0.15) is 20.9 Å². The van der Waals surface area contributed by atoms with Crippen molar-refractivity contribution < 1.29 is 0 Å². The van der Waals surface area contributed by atoms with Crippen LogP contribution in [0.5, 0.6) is 0 Å². The summed E-state index contributed by atoms with van der Waals surface area (Å²) in [4.78, 5) is 5.22. The molecule has 0 radical (unpaired) electrons. The summed E-state index contributed by atoms with van der Waals surface area (Å²) in [5.41, 5.74) is 2.82. The molecule has 102 valence electrons. The summed E-state index contributed by atoms with van der Waals surface area (Å²) in [6.07, 6.45) is 0. The minimum absolute atomic E-state index is 0.966. The molecule has 0 spiro atoms. The maximum atomic E-state index is 3.21. The molecule has 0 fully saturated rings. The van der Waals surface area contributed by atoms with Gasteiger partial charge in [0.2, 0.25) is 0 Å². The van der Waals surface area contributed by atoms with Gasteiger partial charge >= 0.3 is 0 Å². The molecule has 0 aliphatic rings. The van der Waals surface area contributed by atoms with E-state index < -0.39 is 0 Å². The zero-order chi connectivity index (χ0) is 13.7. The highest BCUT2D eigenvalue weighted by Crippen LogP contribution is 2.23. The van der Waals surface area contributed by atoms with Crippen LogP contribution < -0.4 is 5.32 Å². The average Bonchev–Trinajstić information content (AvgIpc) is 2.71. The summed E-state index contributed by atoms with van der Waals surface area (Å²) in [5.74, 6) is 0. The predicted octanol–water partition coefficient (Wildman–Crippen LogP) is 3.41. The highest BCUT2D eigenvalue weighted by Gasteiger charge is 2.08. The Labute approximate surface area is 120 Å². The lowest BCUT2D eigenvalue weighted by Gasteiger charge is -2.16. The van der Waals surface area contributed by atoms with Crippen molar-refractivity contribution in [2.45, 2.75) is 26.6 Å². The Bertz CT molecular complexity index is 505. The molecular formula is C16H22N2S. The monoisotopic (exact) mass is 274 g/mol. The molecule has 0 bridgehead atoms. The lowest BCUT2D eigenvalue weighted by molar-refractivity contribution is 0.319. The topological polar surface area (TPSA) is 15.3 Å². The van der Waals surface area contributed by atoms with E-state index in [1.165, 1.54) is 20.9 Å². The van der Waals surface area contributed by atoms with Crippen molar-refractivity contribution in [3.63, 3.8) is 0 Å². The SMILES string of the molecule is CNCc1cc(CN(C)Cc2ccccc2)c(C)s1. The first kappa shape index (κ1) is 14.3. The summed E-state index contributed by atoms with van der Waals surface area (Å²) >= 11 is 1.90. The van der Waals surface area contributed by atoms with Gasteiger partial charge in [-0.1, -0.05) is 30.3 Å². The Morgan fingerprint density at radius 1 is 1.16 bits per heavy atom. The van der Waals surface area contributed by atoms with E-state index >= 15 is 0 Å². The van der Waals surface area contributed by atoms with Crippen LogP contribution in [0.2, 0.25) is 0 Å². The minimum Gasteiger partial charge on any atom is -0.315 e. The van der Waals surface area contributed by atoms with Crippen LogP contribution in [0.15, 0.2) is 36.4 Å². The van der Waals surface area contributed by atoms with Crippen molar-refractivity contribution in [2.24, 2.45) is 0 Å². The highest BCUT2D eigenvalue weighted by molar-refractivity contribution is 7.12. The van der Waals surface area contributed by atoms with Crippen molar-refractivity contribution in [3.8, 4) is 0 Å². The van der Waals surface area contributed by atoms with Gasteiger partial charge in [-0.05, 0) is 38.2 Å². The number of hydrogen-bond donors (Lipinski definition) is 1. The fourth-order valence-corrected chi connectivity index (χ4v) is 3.31. The van der Waals surface area contributed by atoms with Gasteiger partial charge in [-0.15, -0.1) is 11.3 Å². The van der Waals surface area contributed by atoms with Crippen LogP contribution in [0.3, 0.4) is 0 Å². The third kappa shape index (κ3) is 4.16. The Morgan fingerprint density at radius 2 is 1.89 bits per heavy atom. The van der Waals surface area contributed by atoms with E-state index in [2.05, 4.69) is 60.6 Å². The molecule has 0 aliphatic heterocycles. The van der Waals surface area contributed by atoms with Crippen LogP contribution in [0.4, 0.5) is 0 Å². The van der Waals surface area contributed by atoms with Gasteiger partial charge in [0.05, 0.1) is 0 Å². The van der Waals surface area contributed by atoms with Crippen LogP contribution in [-0.2, 0) is 19.6 Å². The van der Waals surface area contributed by atoms with E-state index in [0.29, 0.717) is 0 Å². The Morgan fingerprint density at radius 3 is 2.58 bits per heavy atom. The maximum absolute atomic E-state index is 3.21. The lowest BCUT2D eigenvalue weighted by Crippen LogP contribution is -2.17. The van der Waals surface area contributed by atoms with E-state index in [-0.39, 0.29) is 0 Å². The standard InChI is InChI=1S/C16H22N2S/c1-13-15(9-16(19-13)10-17-2)12-18(3)11-14-7-5-4-6-8-14/h4-9,17H,10-12H2,1-3H3. The molecule has 0 unspecified atom stereocenters. The van der Waals surface area contributed by atoms with Crippen molar-refractivity contribution in [1.29, 1.82) is 0 Å². The highest BCUT2D eigenvalue weighted by atomic mass is 32.1. The molecule has 0 atom stereocenters. The van der Waals surface area contributed by atoms with Gasteiger partial charge < -0.3 is 5.32 Å². The molecule has 3 heteroatoms. The number of aryl methyl sites for hydroxylation is 1. The van der Waals surface area contributed by atoms with E-state index in [1.807, 2.05) is 18.4 Å². The Balaban J connectivity index is 1.96. The van der Waals surface area contributed by atoms with Gasteiger partial charge in [-0.25, -0.2) is 0 Å². The van der Waals surface area contributed by atoms with Crippen molar-refractivity contribution in [1.82, 2.24) is 10.2 Å². The molecule has 0 saturated heterocycles. The third-order valence-corrected chi connectivity index (χ3v) is 4.25. The predicted molar refractivity (Wildman–Crippen MR) is 83.4 cm³/mol. The zero-order valence-corrected chi connectivity index (χ0v) is 12.8. The first-order valence-electron chi connectivity index (χ1n) is 6.64. The van der Waals surface area contributed by atoms with Gasteiger partial charge in [0.15, 0.2) is 0 Å². The van der Waals surface area contributed by atoms with E-state index in [1.54, 1.807) is 0 Å². The number of thiophene rings is 1. The van der Waals surface area contributed by atoms with Gasteiger partial charge in [-0.2, -0.15) is 0 Å². The first-order valence-corrected chi connectivity index (χ1v) is 7.46. The van der Waals surface area contributed by atoms with Crippen LogP contribution in [-0.4, -0.2) is 19.0 Å². The number of rotatable bonds is 6. The van der Waals surface area contributed by atoms with Gasteiger partial charge in [-0.3, -0.25) is 4.90 Å². The second-order valence-electron chi connectivity index (χ2n) is 4.98. The molecule has 0 amide bonds. The fraction of sp³-hybridized carbons (Fsp3) is 0.375. The molecule has 19 heavy (non-hydrogen) atoms.